The van der Waals surface area contributed by atoms with E-state index in [-0.39, 0.29) is 17.8 Å². The molecule has 0 saturated carbocycles. The Morgan fingerprint density at radius 3 is 2.64 bits per heavy atom. The molecule has 1 saturated heterocycles. The SMILES string of the molecule is O=C(CCC[C@H](O)c1ccc(F)cc1)N1COC[C@H]1c1ccccc1. The average molecular weight is 343 g/mol. The molecule has 4 nitrogen and oxygen atoms in total. The fraction of sp³-hybridized carbons (Fsp3) is 0.350. The molecule has 5 heteroatoms. The number of aliphatic hydroxyl groups is 1. The zero-order chi connectivity index (χ0) is 17.6. The van der Waals surface area contributed by atoms with Crippen LogP contribution in [0.5, 0.6) is 0 Å². The van der Waals surface area contributed by atoms with E-state index in [0.717, 1.165) is 5.56 Å². The van der Waals surface area contributed by atoms with Gasteiger partial charge in [-0.05, 0) is 36.1 Å². The van der Waals surface area contributed by atoms with E-state index in [1.807, 2.05) is 30.3 Å². The Bertz CT molecular complexity index is 690. The molecule has 1 aliphatic heterocycles. The molecule has 132 valence electrons. The Kier molecular flexibility index (Phi) is 5.79. The standard InChI is InChI=1S/C20H22FNO3/c21-17-11-9-16(10-12-17)19(23)7-4-8-20(24)22-14-25-13-18(22)15-5-2-1-3-6-15/h1-3,5-6,9-12,18-19,23H,4,7-8,13-14H2/t18-,19-/m0/s1. The van der Waals surface area contributed by atoms with Crippen LogP contribution >= 0.6 is 0 Å². The normalized spacial score (nSPS) is 18.3. The Morgan fingerprint density at radius 2 is 1.92 bits per heavy atom. The quantitative estimate of drug-likeness (QED) is 0.872. The lowest BCUT2D eigenvalue weighted by Crippen LogP contribution is -2.31. The second-order valence-corrected chi connectivity index (χ2v) is 6.25. The summed E-state index contributed by atoms with van der Waals surface area (Å²) in [5.74, 6) is -0.301. The zero-order valence-electron chi connectivity index (χ0n) is 14.0. The minimum atomic E-state index is -0.687. The van der Waals surface area contributed by atoms with Crippen LogP contribution in [0.2, 0.25) is 0 Å². The monoisotopic (exact) mass is 343 g/mol. The van der Waals surface area contributed by atoms with Gasteiger partial charge in [-0.15, -0.1) is 0 Å². The molecule has 25 heavy (non-hydrogen) atoms. The second-order valence-electron chi connectivity index (χ2n) is 6.25. The second kappa shape index (κ2) is 8.23. The van der Waals surface area contributed by atoms with Gasteiger partial charge in [-0.2, -0.15) is 0 Å². The number of halogens is 1. The van der Waals surface area contributed by atoms with Crippen LogP contribution in [-0.2, 0) is 9.53 Å². The van der Waals surface area contributed by atoms with E-state index in [0.29, 0.717) is 38.2 Å². The van der Waals surface area contributed by atoms with Gasteiger partial charge in [0, 0.05) is 6.42 Å². The van der Waals surface area contributed by atoms with Crippen molar-refractivity contribution in [3.05, 3.63) is 71.5 Å². The van der Waals surface area contributed by atoms with Crippen molar-refractivity contribution in [3.8, 4) is 0 Å². The predicted molar refractivity (Wildman–Crippen MR) is 92.1 cm³/mol. The number of nitrogens with zero attached hydrogens (tertiary/aromatic N) is 1. The van der Waals surface area contributed by atoms with Crippen molar-refractivity contribution in [2.75, 3.05) is 13.3 Å². The largest absolute Gasteiger partial charge is 0.388 e. The summed E-state index contributed by atoms with van der Waals surface area (Å²) in [5, 5.41) is 10.1. The summed E-state index contributed by atoms with van der Waals surface area (Å²) in [7, 11) is 0. The number of rotatable bonds is 6. The summed E-state index contributed by atoms with van der Waals surface area (Å²) < 4.78 is 18.4. The lowest BCUT2D eigenvalue weighted by molar-refractivity contribution is -0.133. The first kappa shape index (κ1) is 17.6. The van der Waals surface area contributed by atoms with Gasteiger partial charge in [0.15, 0.2) is 0 Å². The number of amides is 1. The van der Waals surface area contributed by atoms with Gasteiger partial charge in [-0.25, -0.2) is 4.39 Å². The van der Waals surface area contributed by atoms with Crippen LogP contribution in [0.1, 0.15) is 42.5 Å². The molecule has 0 bridgehead atoms. The highest BCUT2D eigenvalue weighted by Crippen LogP contribution is 2.27. The van der Waals surface area contributed by atoms with E-state index >= 15 is 0 Å². The van der Waals surface area contributed by atoms with E-state index < -0.39 is 6.10 Å². The molecule has 0 spiro atoms. The number of carbonyl (C=O) groups excluding carboxylic acids is 1. The van der Waals surface area contributed by atoms with Gasteiger partial charge < -0.3 is 14.7 Å². The average Bonchev–Trinajstić information content (AvgIpc) is 3.13. The van der Waals surface area contributed by atoms with E-state index in [4.69, 9.17) is 4.74 Å². The number of carbonyl (C=O) groups is 1. The molecule has 0 radical (unpaired) electrons. The van der Waals surface area contributed by atoms with Crippen LogP contribution in [-0.4, -0.2) is 29.3 Å². The van der Waals surface area contributed by atoms with Crippen molar-refractivity contribution < 1.29 is 19.0 Å². The molecule has 0 aliphatic carbocycles. The van der Waals surface area contributed by atoms with Gasteiger partial charge in [0.1, 0.15) is 12.5 Å². The molecule has 1 aliphatic rings. The van der Waals surface area contributed by atoms with Crippen LogP contribution in [0.25, 0.3) is 0 Å². The van der Waals surface area contributed by atoms with Crippen molar-refractivity contribution in [2.24, 2.45) is 0 Å². The first-order valence-electron chi connectivity index (χ1n) is 8.51. The van der Waals surface area contributed by atoms with Gasteiger partial charge in [-0.3, -0.25) is 4.79 Å². The Morgan fingerprint density at radius 1 is 1.20 bits per heavy atom. The van der Waals surface area contributed by atoms with Crippen molar-refractivity contribution in [2.45, 2.75) is 31.4 Å². The molecule has 3 rings (SSSR count). The number of hydrogen-bond acceptors (Lipinski definition) is 3. The third-order valence-corrected chi connectivity index (χ3v) is 4.51. The summed E-state index contributed by atoms with van der Waals surface area (Å²) in [6, 6.07) is 15.6. The van der Waals surface area contributed by atoms with Crippen LogP contribution < -0.4 is 0 Å². The molecular formula is C20H22FNO3. The lowest BCUT2D eigenvalue weighted by atomic mass is 10.0. The molecule has 0 unspecified atom stereocenters. The number of aliphatic hydroxyl groups excluding tert-OH is 1. The minimum absolute atomic E-state index is 0.0256. The predicted octanol–water partition coefficient (Wildman–Crippen LogP) is 3.59. The van der Waals surface area contributed by atoms with Gasteiger partial charge in [0.25, 0.3) is 0 Å². The summed E-state index contributed by atoms with van der Waals surface area (Å²) in [5.41, 5.74) is 1.74. The summed E-state index contributed by atoms with van der Waals surface area (Å²) >= 11 is 0. The molecule has 0 aromatic heterocycles. The van der Waals surface area contributed by atoms with Crippen molar-refractivity contribution >= 4 is 5.91 Å². The first-order valence-corrected chi connectivity index (χ1v) is 8.51. The molecule has 2 aromatic carbocycles. The molecule has 1 N–H and O–H groups in total. The summed E-state index contributed by atoms with van der Waals surface area (Å²) in [6.45, 7) is 0.812. The maximum atomic E-state index is 12.9. The maximum Gasteiger partial charge on any atom is 0.224 e. The molecule has 1 heterocycles. The highest BCUT2D eigenvalue weighted by Gasteiger charge is 2.30. The molecule has 2 atom stereocenters. The van der Waals surface area contributed by atoms with Crippen molar-refractivity contribution in [1.82, 2.24) is 4.90 Å². The van der Waals surface area contributed by atoms with Crippen molar-refractivity contribution in [3.63, 3.8) is 0 Å². The van der Waals surface area contributed by atoms with Gasteiger partial charge in [0.2, 0.25) is 5.91 Å². The van der Waals surface area contributed by atoms with Crippen LogP contribution in [0.4, 0.5) is 4.39 Å². The summed E-state index contributed by atoms with van der Waals surface area (Å²) in [4.78, 5) is 14.3. The van der Waals surface area contributed by atoms with Crippen LogP contribution in [0.3, 0.4) is 0 Å². The van der Waals surface area contributed by atoms with Crippen molar-refractivity contribution in [1.29, 1.82) is 0 Å². The highest BCUT2D eigenvalue weighted by atomic mass is 19.1. The minimum Gasteiger partial charge on any atom is -0.388 e. The van der Waals surface area contributed by atoms with Gasteiger partial charge >= 0.3 is 0 Å². The topological polar surface area (TPSA) is 49.8 Å². The van der Waals surface area contributed by atoms with E-state index in [1.165, 1.54) is 12.1 Å². The lowest BCUT2D eigenvalue weighted by Gasteiger charge is -2.23. The number of ether oxygens (including phenoxy) is 1. The van der Waals surface area contributed by atoms with E-state index in [9.17, 15) is 14.3 Å². The Labute approximate surface area is 146 Å². The fourth-order valence-corrected chi connectivity index (χ4v) is 3.08. The van der Waals surface area contributed by atoms with Gasteiger partial charge in [-0.1, -0.05) is 42.5 Å². The smallest absolute Gasteiger partial charge is 0.224 e. The third kappa shape index (κ3) is 4.44. The molecule has 1 amide bonds. The molecular weight excluding hydrogens is 321 g/mol. The summed E-state index contributed by atoms with van der Waals surface area (Å²) in [6.07, 6.45) is 0.690. The number of hydrogen-bond donors (Lipinski definition) is 1. The number of benzene rings is 2. The van der Waals surface area contributed by atoms with E-state index in [2.05, 4.69) is 0 Å². The maximum absolute atomic E-state index is 12.9. The van der Waals surface area contributed by atoms with E-state index in [1.54, 1.807) is 17.0 Å². The Balaban J connectivity index is 1.51. The van der Waals surface area contributed by atoms with Crippen LogP contribution in [0, 0.1) is 5.82 Å². The molecule has 2 aromatic rings. The first-order chi connectivity index (χ1) is 12.1. The third-order valence-electron chi connectivity index (χ3n) is 4.51. The highest BCUT2D eigenvalue weighted by molar-refractivity contribution is 5.76. The fourth-order valence-electron chi connectivity index (χ4n) is 3.08. The molecule has 1 fully saturated rings. The van der Waals surface area contributed by atoms with Crippen LogP contribution in [0.15, 0.2) is 54.6 Å². The zero-order valence-corrected chi connectivity index (χ0v) is 14.0. The Hall–Kier alpha value is -2.24. The van der Waals surface area contributed by atoms with Gasteiger partial charge in [0.05, 0.1) is 18.8 Å².